The van der Waals surface area contributed by atoms with Crippen molar-refractivity contribution >= 4 is 18.0 Å². The van der Waals surface area contributed by atoms with Gasteiger partial charge in [-0.1, -0.05) is 30.9 Å². The van der Waals surface area contributed by atoms with Crippen LogP contribution in [0.1, 0.15) is 22.3 Å². The quantitative estimate of drug-likeness (QED) is 0.507. The number of nitrogens with two attached hydrogens (primary N) is 1. The average Bonchev–Trinajstić information content (AvgIpc) is 2.63. The molecule has 0 unspecified atom stereocenters. The van der Waals surface area contributed by atoms with Crippen molar-refractivity contribution in [1.82, 2.24) is 4.98 Å². The molecule has 0 saturated heterocycles. The van der Waals surface area contributed by atoms with Crippen LogP contribution in [0.3, 0.4) is 0 Å². The van der Waals surface area contributed by atoms with Gasteiger partial charge in [0, 0.05) is 34.8 Å². The van der Waals surface area contributed by atoms with Crippen LogP contribution in [0.15, 0.2) is 55.2 Å². The van der Waals surface area contributed by atoms with E-state index in [1.54, 1.807) is 6.20 Å². The van der Waals surface area contributed by atoms with Crippen LogP contribution in [0.25, 0.3) is 28.5 Å². The molecule has 0 aliphatic heterocycles. The Morgan fingerprint density at radius 2 is 1.76 bits per heavy atom. The maximum absolute atomic E-state index is 7.60. The summed E-state index contributed by atoms with van der Waals surface area (Å²) >= 11 is 0. The van der Waals surface area contributed by atoms with Crippen LogP contribution in [0.4, 0.5) is 5.69 Å². The summed E-state index contributed by atoms with van der Waals surface area (Å²) in [6.45, 7) is 7.88. The maximum atomic E-state index is 7.60. The Bertz CT molecular complexity index is 971. The molecule has 3 N–H and O–H groups in total. The molecule has 3 heteroatoms. The first-order valence-electron chi connectivity index (χ1n) is 8.14. The third-order valence-electron chi connectivity index (χ3n) is 4.46. The molecule has 0 amide bonds. The topological polar surface area (TPSA) is 62.8 Å². The number of nitrogen functional groups attached to an aromatic ring is 1. The summed E-state index contributed by atoms with van der Waals surface area (Å²) in [5.74, 6) is 0. The Morgan fingerprint density at radius 1 is 1.00 bits per heavy atom. The van der Waals surface area contributed by atoms with E-state index < -0.39 is 0 Å². The van der Waals surface area contributed by atoms with Gasteiger partial charge in [-0.2, -0.15) is 0 Å². The Morgan fingerprint density at radius 3 is 2.44 bits per heavy atom. The zero-order chi connectivity index (χ0) is 18.0. The fourth-order valence-electron chi connectivity index (χ4n) is 3.02. The van der Waals surface area contributed by atoms with Gasteiger partial charge in [0.15, 0.2) is 0 Å². The molecule has 0 radical (unpaired) electrons. The van der Waals surface area contributed by atoms with E-state index in [-0.39, 0.29) is 0 Å². The number of aromatic nitrogens is 1. The first-order valence-corrected chi connectivity index (χ1v) is 8.14. The summed E-state index contributed by atoms with van der Waals surface area (Å²) in [4.78, 5) is 4.62. The van der Waals surface area contributed by atoms with E-state index >= 15 is 0 Å². The van der Waals surface area contributed by atoms with Crippen molar-refractivity contribution in [2.45, 2.75) is 13.8 Å². The van der Waals surface area contributed by atoms with Crippen molar-refractivity contribution in [2.24, 2.45) is 0 Å². The van der Waals surface area contributed by atoms with Crippen molar-refractivity contribution < 1.29 is 0 Å². The molecule has 0 spiro atoms. The molecule has 3 aromatic rings. The predicted octanol–water partition coefficient (Wildman–Crippen LogP) is 5.26. The predicted molar refractivity (Wildman–Crippen MR) is 107 cm³/mol. The molecule has 0 aliphatic carbocycles. The minimum atomic E-state index is 0.648. The molecule has 0 saturated carbocycles. The molecular formula is C22H21N3. The fraction of sp³-hybridized carbons (Fsp3) is 0.0909. The highest BCUT2D eigenvalue weighted by Crippen LogP contribution is 2.33. The van der Waals surface area contributed by atoms with Gasteiger partial charge in [-0.15, -0.1) is 0 Å². The first-order chi connectivity index (χ1) is 12.0. The molecule has 3 rings (SSSR count). The average molecular weight is 327 g/mol. The number of anilines is 1. The molecule has 124 valence electrons. The highest BCUT2D eigenvalue weighted by Gasteiger charge is 2.12. The van der Waals surface area contributed by atoms with E-state index in [1.807, 2.05) is 31.2 Å². The van der Waals surface area contributed by atoms with Crippen LogP contribution >= 0.6 is 0 Å². The SMILES string of the molecule is C=Cc1ccc(-c2ncccc2-c2cc(C)c(N)c(C=N)c2)cc1C. The Labute approximate surface area is 148 Å². The molecule has 0 aliphatic rings. The first kappa shape index (κ1) is 16.7. The monoisotopic (exact) mass is 327 g/mol. The molecule has 1 aromatic heterocycles. The van der Waals surface area contributed by atoms with E-state index in [2.05, 4.69) is 42.8 Å². The number of nitrogens with one attached hydrogen (secondary N) is 1. The Balaban J connectivity index is 2.21. The van der Waals surface area contributed by atoms with Gasteiger partial charge in [0.2, 0.25) is 0 Å². The lowest BCUT2D eigenvalue weighted by atomic mass is 9.94. The van der Waals surface area contributed by atoms with Gasteiger partial charge >= 0.3 is 0 Å². The largest absolute Gasteiger partial charge is 0.398 e. The standard InChI is InChI=1S/C22H21N3/c1-4-16-7-8-17(10-14(16)2)22-20(6-5-9-25-22)18-11-15(3)21(24)19(12-18)13-23/h4-13,23H,1,24H2,2-3H3. The number of benzene rings is 2. The minimum absolute atomic E-state index is 0.648. The second-order valence-electron chi connectivity index (χ2n) is 6.12. The summed E-state index contributed by atoms with van der Waals surface area (Å²) in [7, 11) is 0. The van der Waals surface area contributed by atoms with Crippen molar-refractivity contribution in [3.05, 3.63) is 77.5 Å². The number of pyridine rings is 1. The van der Waals surface area contributed by atoms with Gasteiger partial charge < -0.3 is 11.1 Å². The molecule has 0 bridgehead atoms. The molecule has 0 fully saturated rings. The van der Waals surface area contributed by atoms with Crippen molar-refractivity contribution in [3.8, 4) is 22.4 Å². The minimum Gasteiger partial charge on any atom is -0.398 e. The van der Waals surface area contributed by atoms with Crippen LogP contribution in [0, 0.1) is 19.3 Å². The van der Waals surface area contributed by atoms with Crippen molar-refractivity contribution in [3.63, 3.8) is 0 Å². The number of hydrogen-bond acceptors (Lipinski definition) is 3. The van der Waals surface area contributed by atoms with E-state index in [4.69, 9.17) is 11.1 Å². The molecule has 25 heavy (non-hydrogen) atoms. The molecule has 0 atom stereocenters. The summed E-state index contributed by atoms with van der Waals surface area (Å²) < 4.78 is 0. The van der Waals surface area contributed by atoms with Crippen molar-refractivity contribution in [2.75, 3.05) is 5.73 Å². The van der Waals surface area contributed by atoms with Crippen molar-refractivity contribution in [1.29, 1.82) is 5.41 Å². The van der Waals surface area contributed by atoms with E-state index in [1.165, 1.54) is 6.21 Å². The van der Waals surface area contributed by atoms with E-state index in [9.17, 15) is 0 Å². The maximum Gasteiger partial charge on any atom is 0.0780 e. The number of nitrogens with zero attached hydrogens (tertiary/aromatic N) is 1. The second-order valence-corrected chi connectivity index (χ2v) is 6.12. The lowest BCUT2D eigenvalue weighted by molar-refractivity contribution is 1.31. The summed E-state index contributed by atoms with van der Waals surface area (Å²) in [5, 5.41) is 7.60. The van der Waals surface area contributed by atoms with Crippen LogP contribution in [0.5, 0.6) is 0 Å². The highest BCUT2D eigenvalue weighted by molar-refractivity contribution is 5.91. The second kappa shape index (κ2) is 6.73. The zero-order valence-corrected chi connectivity index (χ0v) is 14.5. The zero-order valence-electron chi connectivity index (χ0n) is 14.5. The Kier molecular flexibility index (Phi) is 4.48. The van der Waals surface area contributed by atoms with E-state index in [0.29, 0.717) is 5.69 Å². The lowest BCUT2D eigenvalue weighted by Gasteiger charge is -2.13. The van der Waals surface area contributed by atoms with Gasteiger partial charge in [-0.25, -0.2) is 0 Å². The highest BCUT2D eigenvalue weighted by atomic mass is 14.7. The van der Waals surface area contributed by atoms with Crippen LogP contribution in [-0.4, -0.2) is 11.2 Å². The molecular weight excluding hydrogens is 306 g/mol. The fourth-order valence-corrected chi connectivity index (χ4v) is 3.02. The van der Waals surface area contributed by atoms with Crippen LogP contribution in [0.2, 0.25) is 0 Å². The smallest absolute Gasteiger partial charge is 0.0780 e. The summed E-state index contributed by atoms with van der Waals surface area (Å²) in [6.07, 6.45) is 4.96. The van der Waals surface area contributed by atoms with Gasteiger partial charge in [0.1, 0.15) is 0 Å². The van der Waals surface area contributed by atoms with Gasteiger partial charge in [0.05, 0.1) is 5.69 Å². The summed E-state index contributed by atoms with van der Waals surface area (Å²) in [5.41, 5.74) is 14.7. The van der Waals surface area contributed by atoms with Crippen LogP contribution < -0.4 is 5.73 Å². The third-order valence-corrected chi connectivity index (χ3v) is 4.46. The molecule has 1 heterocycles. The third kappa shape index (κ3) is 3.09. The van der Waals surface area contributed by atoms with Gasteiger partial charge in [0.25, 0.3) is 0 Å². The summed E-state index contributed by atoms with van der Waals surface area (Å²) in [6, 6.07) is 14.2. The number of hydrogen-bond donors (Lipinski definition) is 2. The lowest BCUT2D eigenvalue weighted by Crippen LogP contribution is -1.98. The molecule has 3 nitrogen and oxygen atoms in total. The van der Waals surface area contributed by atoms with Gasteiger partial charge in [-0.05, 0) is 60.4 Å². The van der Waals surface area contributed by atoms with E-state index in [0.717, 1.165) is 44.6 Å². The number of aryl methyl sites for hydroxylation is 2. The molecule has 2 aromatic carbocycles. The Hall–Kier alpha value is -3.20. The van der Waals surface area contributed by atoms with Crippen LogP contribution in [-0.2, 0) is 0 Å². The number of rotatable bonds is 4. The normalized spacial score (nSPS) is 10.5. The van der Waals surface area contributed by atoms with Gasteiger partial charge in [-0.3, -0.25) is 4.98 Å².